The second kappa shape index (κ2) is 2.74. The molecule has 0 aromatic carbocycles. The van der Waals surface area contributed by atoms with Crippen LogP contribution < -0.4 is 0 Å². The molecule has 0 heterocycles. The average Bonchev–Trinajstić information content (AvgIpc) is 1.57. The van der Waals surface area contributed by atoms with Crippen molar-refractivity contribution in [1.29, 1.82) is 0 Å². The fraction of sp³-hybridized carbons (Fsp3) is 0.714. The van der Waals surface area contributed by atoms with E-state index in [-0.39, 0.29) is 5.41 Å². The van der Waals surface area contributed by atoms with Crippen LogP contribution >= 0.6 is 0 Å². The van der Waals surface area contributed by atoms with Crippen LogP contribution in [0.3, 0.4) is 0 Å². The van der Waals surface area contributed by atoms with Crippen LogP contribution in [0.2, 0.25) is 0 Å². The number of sulfone groups is 1. The first-order valence-corrected chi connectivity index (χ1v) is 5.05. The van der Waals surface area contributed by atoms with Crippen molar-refractivity contribution in [2.24, 2.45) is 5.41 Å². The van der Waals surface area contributed by atoms with Crippen molar-refractivity contribution in [3.63, 3.8) is 0 Å². The monoisotopic (exact) mass is 162 g/mol. The lowest BCUT2D eigenvalue weighted by molar-refractivity contribution is 0.543. The van der Waals surface area contributed by atoms with Gasteiger partial charge in [0.05, 0.1) is 0 Å². The van der Waals surface area contributed by atoms with Gasteiger partial charge in [0.1, 0.15) is 0 Å². The summed E-state index contributed by atoms with van der Waals surface area (Å²) in [6.07, 6.45) is 2.87. The number of rotatable bonds is 1. The Balaban J connectivity index is 4.31. The molecule has 0 fully saturated rings. The Hall–Kier alpha value is -0.310. The molecule has 0 amide bonds. The lowest BCUT2D eigenvalue weighted by Gasteiger charge is -2.09. The van der Waals surface area contributed by atoms with E-state index in [4.69, 9.17) is 0 Å². The zero-order chi connectivity index (χ0) is 8.41. The van der Waals surface area contributed by atoms with Gasteiger partial charge < -0.3 is 0 Å². The predicted octanol–water partition coefficient (Wildman–Crippen LogP) is 1.59. The Labute approximate surface area is 62.9 Å². The van der Waals surface area contributed by atoms with E-state index >= 15 is 0 Å². The van der Waals surface area contributed by atoms with Gasteiger partial charge in [0.15, 0.2) is 9.84 Å². The van der Waals surface area contributed by atoms with Gasteiger partial charge in [0.2, 0.25) is 0 Å². The first-order valence-electron chi connectivity index (χ1n) is 3.10. The molecule has 0 saturated heterocycles. The maximum Gasteiger partial charge on any atom is 0.168 e. The van der Waals surface area contributed by atoms with Gasteiger partial charge in [-0.3, -0.25) is 0 Å². The molecule has 0 unspecified atom stereocenters. The Morgan fingerprint density at radius 1 is 1.20 bits per heavy atom. The number of hydrogen-bond acceptors (Lipinski definition) is 2. The molecule has 3 heteroatoms. The lowest BCUT2D eigenvalue weighted by atomic mass is 9.98. The van der Waals surface area contributed by atoms with E-state index in [9.17, 15) is 8.42 Å². The summed E-state index contributed by atoms with van der Waals surface area (Å²) in [5, 5.41) is 1.24. The van der Waals surface area contributed by atoms with Gasteiger partial charge in [-0.05, 0) is 5.41 Å². The molecule has 0 N–H and O–H groups in total. The number of hydrogen-bond donors (Lipinski definition) is 0. The third-order valence-electron chi connectivity index (χ3n) is 0.815. The molecule has 0 aliphatic carbocycles. The summed E-state index contributed by atoms with van der Waals surface area (Å²) in [6.45, 7) is 5.86. The van der Waals surface area contributed by atoms with E-state index in [1.165, 1.54) is 11.7 Å². The second-order valence-electron chi connectivity index (χ2n) is 3.50. The van der Waals surface area contributed by atoms with Gasteiger partial charge >= 0.3 is 0 Å². The Kier molecular flexibility index (Phi) is 2.66. The molecule has 0 rings (SSSR count). The highest BCUT2D eigenvalue weighted by Gasteiger charge is 2.05. The lowest BCUT2D eigenvalue weighted by Crippen LogP contribution is -2.00. The van der Waals surface area contributed by atoms with Crippen LogP contribution in [-0.2, 0) is 9.84 Å². The molecule has 0 aromatic heterocycles. The summed E-state index contributed by atoms with van der Waals surface area (Å²) >= 11 is 0. The van der Waals surface area contributed by atoms with Gasteiger partial charge in [0.25, 0.3) is 0 Å². The van der Waals surface area contributed by atoms with E-state index in [1.54, 1.807) is 6.08 Å². The minimum Gasteiger partial charge on any atom is -0.225 e. The van der Waals surface area contributed by atoms with Crippen LogP contribution in [0, 0.1) is 5.41 Å². The van der Waals surface area contributed by atoms with Crippen LogP contribution in [-0.4, -0.2) is 14.7 Å². The zero-order valence-corrected chi connectivity index (χ0v) is 7.70. The van der Waals surface area contributed by atoms with Gasteiger partial charge in [-0.2, -0.15) is 0 Å². The van der Waals surface area contributed by atoms with Crippen LogP contribution in [0.15, 0.2) is 11.5 Å². The molecule has 0 aliphatic heterocycles. The molecule has 0 aromatic rings. The van der Waals surface area contributed by atoms with Crippen molar-refractivity contribution in [2.45, 2.75) is 20.8 Å². The van der Waals surface area contributed by atoms with E-state index in [1.807, 2.05) is 20.8 Å². The molecule has 0 aliphatic rings. The summed E-state index contributed by atoms with van der Waals surface area (Å²) in [4.78, 5) is 0. The highest BCUT2D eigenvalue weighted by Crippen LogP contribution is 2.14. The first-order chi connectivity index (χ1) is 4.21. The SMILES string of the molecule is CC(C)(C)C=CS(C)(=O)=O. The molecule has 10 heavy (non-hydrogen) atoms. The topological polar surface area (TPSA) is 34.1 Å². The largest absolute Gasteiger partial charge is 0.225 e. The second-order valence-corrected chi connectivity index (χ2v) is 5.43. The molecule has 60 valence electrons. The highest BCUT2D eigenvalue weighted by atomic mass is 32.2. The molecule has 0 radical (unpaired) electrons. The number of allylic oxidation sites excluding steroid dienone is 1. The molecule has 2 nitrogen and oxygen atoms in total. The Morgan fingerprint density at radius 3 is 1.70 bits per heavy atom. The quantitative estimate of drug-likeness (QED) is 0.586. The normalized spacial score (nSPS) is 14.4. The fourth-order valence-corrected chi connectivity index (χ4v) is 0.983. The average molecular weight is 162 g/mol. The van der Waals surface area contributed by atoms with Gasteiger partial charge in [-0.25, -0.2) is 8.42 Å². The van der Waals surface area contributed by atoms with Crippen LogP contribution in [0.5, 0.6) is 0 Å². The van der Waals surface area contributed by atoms with Crippen molar-refractivity contribution in [3.05, 3.63) is 11.5 Å². The fourth-order valence-electron chi connectivity index (χ4n) is 0.328. The van der Waals surface area contributed by atoms with Crippen LogP contribution in [0.1, 0.15) is 20.8 Å². The minimum atomic E-state index is -2.94. The smallest absolute Gasteiger partial charge is 0.168 e. The van der Waals surface area contributed by atoms with Gasteiger partial charge in [-0.1, -0.05) is 26.8 Å². The molecule has 0 saturated carbocycles. The van der Waals surface area contributed by atoms with Crippen LogP contribution in [0.25, 0.3) is 0 Å². The van der Waals surface area contributed by atoms with Crippen molar-refractivity contribution in [1.82, 2.24) is 0 Å². The summed E-state index contributed by atoms with van der Waals surface area (Å²) < 4.78 is 21.2. The van der Waals surface area contributed by atoms with Crippen molar-refractivity contribution >= 4 is 9.84 Å². The van der Waals surface area contributed by atoms with Crippen LogP contribution in [0.4, 0.5) is 0 Å². The van der Waals surface area contributed by atoms with E-state index < -0.39 is 9.84 Å². The summed E-state index contributed by atoms with van der Waals surface area (Å²) in [6, 6.07) is 0. The summed E-state index contributed by atoms with van der Waals surface area (Å²) in [5.41, 5.74) is -0.0525. The van der Waals surface area contributed by atoms with Gasteiger partial charge in [0, 0.05) is 11.7 Å². The van der Waals surface area contributed by atoms with E-state index in [0.29, 0.717) is 0 Å². The summed E-state index contributed by atoms with van der Waals surface area (Å²) in [7, 11) is -2.94. The molecule has 0 atom stereocenters. The predicted molar refractivity (Wildman–Crippen MR) is 43.4 cm³/mol. The third-order valence-corrected chi connectivity index (χ3v) is 1.45. The highest BCUT2D eigenvalue weighted by molar-refractivity contribution is 7.93. The third kappa shape index (κ3) is 7.69. The molecule has 0 bridgehead atoms. The standard InChI is InChI=1S/C7H14O2S/c1-7(2,3)5-6-10(4,8)9/h5-6H,1-4H3. The minimum absolute atomic E-state index is 0.0525. The van der Waals surface area contributed by atoms with E-state index in [2.05, 4.69) is 0 Å². The van der Waals surface area contributed by atoms with Gasteiger partial charge in [-0.15, -0.1) is 0 Å². The first kappa shape index (κ1) is 9.69. The maximum atomic E-state index is 10.6. The van der Waals surface area contributed by atoms with Crippen molar-refractivity contribution < 1.29 is 8.42 Å². The maximum absolute atomic E-state index is 10.6. The van der Waals surface area contributed by atoms with Crippen molar-refractivity contribution in [3.8, 4) is 0 Å². The molecular weight excluding hydrogens is 148 g/mol. The molecular formula is C7H14O2S. The Morgan fingerprint density at radius 2 is 1.60 bits per heavy atom. The Bertz CT molecular complexity index is 216. The molecule has 0 spiro atoms. The van der Waals surface area contributed by atoms with Crippen molar-refractivity contribution in [2.75, 3.05) is 6.26 Å². The zero-order valence-electron chi connectivity index (χ0n) is 6.88. The van der Waals surface area contributed by atoms with E-state index in [0.717, 1.165) is 0 Å². The summed E-state index contributed by atoms with van der Waals surface area (Å²) in [5.74, 6) is 0.